The molecule has 0 aliphatic heterocycles. The Balaban J connectivity index is 1.81. The van der Waals surface area contributed by atoms with Gasteiger partial charge in [0, 0.05) is 6.20 Å². The monoisotopic (exact) mass is 231 g/mol. The second-order valence-corrected chi connectivity index (χ2v) is 3.68. The van der Waals surface area contributed by atoms with E-state index in [1.807, 2.05) is 6.07 Å². The molecule has 0 atom stereocenters. The van der Waals surface area contributed by atoms with Gasteiger partial charge in [-0.25, -0.2) is 9.37 Å². The summed E-state index contributed by atoms with van der Waals surface area (Å²) < 4.78 is 13.0. The molecule has 1 aromatic carbocycles. The zero-order valence-electron chi connectivity index (χ0n) is 8.87. The second-order valence-electron chi connectivity index (χ2n) is 3.68. The molecule has 17 heavy (non-hydrogen) atoms. The predicted molar refractivity (Wildman–Crippen MR) is 62.0 cm³/mol. The number of imidazole rings is 1. The first-order valence-electron chi connectivity index (χ1n) is 5.19. The highest BCUT2D eigenvalue weighted by Gasteiger charge is 2.03. The van der Waals surface area contributed by atoms with E-state index >= 15 is 0 Å². The average Bonchev–Trinajstić information content (AvgIpc) is 2.94. The number of benzene rings is 1. The van der Waals surface area contributed by atoms with E-state index in [1.54, 1.807) is 12.3 Å². The zero-order valence-corrected chi connectivity index (χ0v) is 8.87. The summed E-state index contributed by atoms with van der Waals surface area (Å²) in [5.74, 6) is 0.335. The first-order valence-corrected chi connectivity index (χ1v) is 5.19. The second kappa shape index (κ2) is 3.89. The lowest BCUT2D eigenvalue weighted by molar-refractivity contribution is 0.629. The van der Waals surface area contributed by atoms with Gasteiger partial charge in [0.2, 0.25) is 5.95 Å². The van der Waals surface area contributed by atoms with E-state index in [2.05, 4.69) is 25.5 Å². The van der Waals surface area contributed by atoms with Crippen LogP contribution in [0.25, 0.3) is 11.0 Å². The highest BCUT2D eigenvalue weighted by molar-refractivity contribution is 5.77. The van der Waals surface area contributed by atoms with Crippen molar-refractivity contribution in [3.63, 3.8) is 0 Å². The lowest BCUT2D eigenvalue weighted by Gasteiger charge is -1.98. The van der Waals surface area contributed by atoms with Crippen molar-refractivity contribution in [3.8, 4) is 0 Å². The SMILES string of the molecule is Fc1ccc2nc(NCc3ccn[nH]3)[nH]c2c1. The molecule has 0 aliphatic rings. The van der Waals surface area contributed by atoms with E-state index in [1.165, 1.54) is 12.1 Å². The third kappa shape index (κ3) is 1.96. The average molecular weight is 231 g/mol. The van der Waals surface area contributed by atoms with E-state index in [4.69, 9.17) is 0 Å². The van der Waals surface area contributed by atoms with Gasteiger partial charge in [-0.15, -0.1) is 0 Å². The molecule has 86 valence electrons. The number of anilines is 1. The van der Waals surface area contributed by atoms with Gasteiger partial charge >= 0.3 is 0 Å². The Morgan fingerprint density at radius 3 is 3.06 bits per heavy atom. The van der Waals surface area contributed by atoms with Crippen LogP contribution in [0.3, 0.4) is 0 Å². The van der Waals surface area contributed by atoms with E-state index < -0.39 is 0 Å². The molecule has 0 fully saturated rings. The quantitative estimate of drug-likeness (QED) is 0.646. The summed E-state index contributed by atoms with van der Waals surface area (Å²) in [6.07, 6.45) is 1.69. The Kier molecular flexibility index (Phi) is 2.25. The zero-order chi connectivity index (χ0) is 11.7. The number of H-pyrrole nitrogens is 2. The van der Waals surface area contributed by atoms with Gasteiger partial charge in [0.25, 0.3) is 0 Å². The molecule has 0 bridgehead atoms. The van der Waals surface area contributed by atoms with Crippen LogP contribution in [-0.2, 0) is 6.54 Å². The summed E-state index contributed by atoms with van der Waals surface area (Å²) >= 11 is 0. The maximum absolute atomic E-state index is 13.0. The van der Waals surface area contributed by atoms with Crippen LogP contribution < -0.4 is 5.32 Å². The van der Waals surface area contributed by atoms with Crippen LogP contribution in [0.15, 0.2) is 30.5 Å². The van der Waals surface area contributed by atoms with Crippen molar-refractivity contribution in [1.29, 1.82) is 0 Å². The van der Waals surface area contributed by atoms with E-state index in [-0.39, 0.29) is 5.82 Å². The normalized spacial score (nSPS) is 10.9. The molecule has 2 aromatic heterocycles. The number of nitrogens with one attached hydrogen (secondary N) is 3. The lowest BCUT2D eigenvalue weighted by Crippen LogP contribution is -2.00. The largest absolute Gasteiger partial charge is 0.350 e. The summed E-state index contributed by atoms with van der Waals surface area (Å²) in [5, 5.41) is 9.78. The lowest BCUT2D eigenvalue weighted by atomic mass is 10.3. The van der Waals surface area contributed by atoms with Crippen molar-refractivity contribution < 1.29 is 4.39 Å². The molecule has 0 unspecified atom stereocenters. The van der Waals surface area contributed by atoms with Crippen LogP contribution in [0.4, 0.5) is 10.3 Å². The highest BCUT2D eigenvalue weighted by atomic mass is 19.1. The van der Waals surface area contributed by atoms with Crippen molar-refractivity contribution in [1.82, 2.24) is 20.2 Å². The summed E-state index contributed by atoms with van der Waals surface area (Å²) in [4.78, 5) is 7.29. The van der Waals surface area contributed by atoms with Crippen molar-refractivity contribution >= 4 is 17.0 Å². The highest BCUT2D eigenvalue weighted by Crippen LogP contribution is 2.15. The van der Waals surface area contributed by atoms with Crippen LogP contribution >= 0.6 is 0 Å². The van der Waals surface area contributed by atoms with Crippen molar-refractivity contribution in [2.45, 2.75) is 6.54 Å². The first kappa shape index (κ1) is 9.83. The van der Waals surface area contributed by atoms with Gasteiger partial charge in [0.15, 0.2) is 0 Å². The number of fused-ring (bicyclic) bond motifs is 1. The Morgan fingerprint density at radius 1 is 1.29 bits per heavy atom. The molecule has 0 saturated carbocycles. The van der Waals surface area contributed by atoms with Gasteiger partial charge in [0.05, 0.1) is 23.3 Å². The number of aromatic amines is 2. The summed E-state index contributed by atoms with van der Waals surface area (Å²) in [6.45, 7) is 0.586. The standard InChI is InChI=1S/C11H10FN5/c12-7-1-2-9-10(5-7)16-11(15-9)13-6-8-3-4-14-17-8/h1-5H,6H2,(H,14,17)(H2,13,15,16). The first-order chi connectivity index (χ1) is 8.31. The maximum atomic E-state index is 13.0. The Hall–Kier alpha value is -2.37. The minimum Gasteiger partial charge on any atom is -0.350 e. The number of rotatable bonds is 3. The minimum absolute atomic E-state index is 0.277. The van der Waals surface area contributed by atoms with Crippen molar-refractivity contribution in [2.24, 2.45) is 0 Å². The molecule has 3 aromatic rings. The molecule has 3 N–H and O–H groups in total. The maximum Gasteiger partial charge on any atom is 0.201 e. The fourth-order valence-corrected chi connectivity index (χ4v) is 1.63. The van der Waals surface area contributed by atoms with Gasteiger partial charge in [-0.1, -0.05) is 0 Å². The third-order valence-corrected chi connectivity index (χ3v) is 2.45. The van der Waals surface area contributed by atoms with Crippen LogP contribution in [0.2, 0.25) is 0 Å². The minimum atomic E-state index is -0.277. The molecule has 6 heteroatoms. The molecular weight excluding hydrogens is 221 g/mol. The Morgan fingerprint density at radius 2 is 2.24 bits per heavy atom. The van der Waals surface area contributed by atoms with E-state index in [9.17, 15) is 4.39 Å². The molecule has 0 spiro atoms. The molecule has 0 saturated heterocycles. The van der Waals surface area contributed by atoms with Gasteiger partial charge in [0.1, 0.15) is 5.82 Å². The van der Waals surface area contributed by atoms with Crippen LogP contribution in [-0.4, -0.2) is 20.2 Å². The van der Waals surface area contributed by atoms with Crippen LogP contribution in [0.1, 0.15) is 5.69 Å². The van der Waals surface area contributed by atoms with Crippen LogP contribution in [0.5, 0.6) is 0 Å². The summed E-state index contributed by atoms with van der Waals surface area (Å²) in [5.41, 5.74) is 2.37. The molecule has 0 amide bonds. The smallest absolute Gasteiger partial charge is 0.201 e. The summed E-state index contributed by atoms with van der Waals surface area (Å²) in [6, 6.07) is 6.32. The number of hydrogen-bond acceptors (Lipinski definition) is 3. The topological polar surface area (TPSA) is 69.4 Å². The molecule has 0 aliphatic carbocycles. The van der Waals surface area contributed by atoms with E-state index in [0.29, 0.717) is 18.0 Å². The number of halogens is 1. The van der Waals surface area contributed by atoms with Gasteiger partial charge in [-0.3, -0.25) is 5.10 Å². The van der Waals surface area contributed by atoms with Crippen LogP contribution in [0, 0.1) is 5.82 Å². The van der Waals surface area contributed by atoms with E-state index in [0.717, 1.165) is 11.2 Å². The van der Waals surface area contributed by atoms with Gasteiger partial charge in [-0.05, 0) is 24.3 Å². The number of nitrogens with zero attached hydrogens (tertiary/aromatic N) is 2. The number of hydrogen-bond donors (Lipinski definition) is 3. The van der Waals surface area contributed by atoms with Gasteiger partial charge in [-0.2, -0.15) is 5.10 Å². The predicted octanol–water partition coefficient (Wildman–Crippen LogP) is 2.04. The molecule has 5 nitrogen and oxygen atoms in total. The van der Waals surface area contributed by atoms with Crippen molar-refractivity contribution in [3.05, 3.63) is 42.0 Å². The molecule has 2 heterocycles. The third-order valence-electron chi connectivity index (χ3n) is 2.45. The number of aromatic nitrogens is 4. The van der Waals surface area contributed by atoms with Gasteiger partial charge < -0.3 is 10.3 Å². The molecule has 3 rings (SSSR count). The summed E-state index contributed by atoms with van der Waals surface area (Å²) in [7, 11) is 0. The van der Waals surface area contributed by atoms with Crippen molar-refractivity contribution in [2.75, 3.05) is 5.32 Å². The molecule has 0 radical (unpaired) electrons. The Bertz CT molecular complexity index is 628. The molecular formula is C11H10FN5. The fourth-order valence-electron chi connectivity index (χ4n) is 1.63. The fraction of sp³-hybridized carbons (Fsp3) is 0.0909. The Labute approximate surface area is 96.1 Å².